The average molecular weight is 1230 g/mol. The highest BCUT2D eigenvalue weighted by Gasteiger charge is 2.24. The molecule has 0 bridgehead atoms. The zero-order valence-corrected chi connectivity index (χ0v) is 41.5. The lowest BCUT2D eigenvalue weighted by Gasteiger charge is -2.09. The molecule has 0 aliphatic heterocycles. The summed E-state index contributed by atoms with van der Waals surface area (Å²) in [6, 6.07) is 10.3. The van der Waals surface area contributed by atoms with Gasteiger partial charge in [-0.15, -0.1) is 36.4 Å². The van der Waals surface area contributed by atoms with E-state index in [0.29, 0.717) is 28.2 Å². The van der Waals surface area contributed by atoms with E-state index < -0.39 is 41.3 Å². The van der Waals surface area contributed by atoms with Crippen molar-refractivity contribution in [1.29, 1.82) is 0 Å². The van der Waals surface area contributed by atoms with Crippen LogP contribution in [0.4, 0.5) is 20.2 Å². The molecule has 0 aliphatic carbocycles. The van der Waals surface area contributed by atoms with Crippen LogP contribution in [-0.2, 0) is 23.7 Å². The molecule has 3 amide bonds. The molecular formula is C38H42ClF2I3N12O7. The van der Waals surface area contributed by atoms with E-state index in [1.54, 1.807) is 34.0 Å². The summed E-state index contributed by atoms with van der Waals surface area (Å²) in [7, 11) is 3.10. The Morgan fingerprint density at radius 2 is 1.14 bits per heavy atom. The molecule has 2 atom stereocenters. The van der Waals surface area contributed by atoms with Crippen LogP contribution in [-0.4, -0.2) is 80.3 Å². The average Bonchev–Trinajstić information content (AvgIpc) is 4.07. The molecule has 4 aromatic heterocycles. The molecule has 6 aromatic rings. The van der Waals surface area contributed by atoms with Gasteiger partial charge >= 0.3 is 5.97 Å². The summed E-state index contributed by atoms with van der Waals surface area (Å²) in [4.78, 5) is 71.4. The molecule has 0 aliphatic rings. The van der Waals surface area contributed by atoms with Gasteiger partial charge in [0.25, 0.3) is 29.3 Å². The number of carboxylic acid groups (broad SMARTS) is 1. The number of carbonyl (C=O) groups excluding carboxylic acids is 5. The lowest BCUT2D eigenvalue weighted by molar-refractivity contribution is -0.131. The third kappa shape index (κ3) is 16.1. The van der Waals surface area contributed by atoms with Gasteiger partial charge in [-0.05, 0) is 87.4 Å². The Morgan fingerprint density at radius 1 is 0.730 bits per heavy atom. The molecule has 0 spiro atoms. The second-order valence-corrected chi connectivity index (χ2v) is 13.0. The number of nitrogens with one attached hydrogen (secondary N) is 5. The largest absolute Gasteiger partial charge is 0.475 e. The number of carbonyl (C=O) groups is 6. The number of aryl methyl sites for hydroxylation is 4. The Hall–Kier alpha value is -5.20. The second-order valence-electron chi connectivity index (χ2n) is 13.0. The maximum atomic E-state index is 13.4. The van der Waals surface area contributed by atoms with E-state index >= 15 is 0 Å². The van der Waals surface area contributed by atoms with Gasteiger partial charge in [0.2, 0.25) is 0 Å². The summed E-state index contributed by atoms with van der Waals surface area (Å²) >= 11 is 4.24. The van der Waals surface area contributed by atoms with E-state index in [1.807, 2.05) is 6.92 Å². The van der Waals surface area contributed by atoms with Crippen molar-refractivity contribution in [2.24, 2.45) is 19.8 Å². The molecule has 4 heterocycles. The van der Waals surface area contributed by atoms with Crippen LogP contribution in [0.5, 0.6) is 0 Å². The highest BCUT2D eigenvalue weighted by molar-refractivity contribution is 15.0. The van der Waals surface area contributed by atoms with Crippen LogP contribution in [0.25, 0.3) is 0 Å². The minimum Gasteiger partial charge on any atom is -0.475 e. The zero-order chi connectivity index (χ0) is 45.6. The number of benzene rings is 2. The van der Waals surface area contributed by atoms with Crippen molar-refractivity contribution in [2.75, 3.05) is 10.6 Å². The first-order valence-electron chi connectivity index (χ1n) is 17.6. The smallest absolute Gasteiger partial charge is 0.377 e. The Kier molecular flexibility index (Phi) is 23.4. The third-order valence-corrected chi connectivity index (χ3v) is 8.36. The summed E-state index contributed by atoms with van der Waals surface area (Å²) in [6.45, 7) is 6.68. The predicted molar refractivity (Wildman–Crippen MR) is 258 cm³/mol. The minimum absolute atomic E-state index is 0. The van der Waals surface area contributed by atoms with Crippen molar-refractivity contribution >= 4 is 120 Å². The molecule has 25 heteroatoms. The minimum atomic E-state index is -1.59. The zero-order valence-electron chi connectivity index (χ0n) is 34.1. The number of nitrogens with zero attached hydrogens (tertiary/aromatic N) is 6. The van der Waals surface area contributed by atoms with Crippen molar-refractivity contribution in [2.45, 2.75) is 39.8 Å². The molecule has 63 heavy (non-hydrogen) atoms. The van der Waals surface area contributed by atoms with Crippen LogP contribution in [0, 0.1) is 25.5 Å². The van der Waals surface area contributed by atoms with Crippen molar-refractivity contribution in [3.63, 3.8) is 0 Å². The summed E-state index contributed by atoms with van der Waals surface area (Å²) in [5.74, 6) is -6.07. The first-order chi connectivity index (χ1) is 28.9. The van der Waals surface area contributed by atoms with E-state index in [4.69, 9.17) is 10.8 Å². The van der Waals surface area contributed by atoms with Gasteiger partial charge in [-0.2, -0.15) is 30.8 Å². The van der Waals surface area contributed by atoms with Crippen LogP contribution in [0.1, 0.15) is 90.1 Å². The van der Waals surface area contributed by atoms with Gasteiger partial charge in [0, 0.05) is 92.3 Å². The Labute approximate surface area is 405 Å². The number of amides is 3. The summed E-state index contributed by atoms with van der Waals surface area (Å²) < 4.78 is 29.3. The first kappa shape index (κ1) is 55.8. The molecule has 6 rings (SSSR count). The first-order valence-corrected chi connectivity index (χ1v) is 23.9. The molecular weight excluding hydrogens is 1190 g/mol. The van der Waals surface area contributed by atoms with Crippen LogP contribution in [0.3, 0.4) is 0 Å². The number of hydrogen-bond acceptors (Lipinski definition) is 11. The van der Waals surface area contributed by atoms with Crippen molar-refractivity contribution < 1.29 is 42.7 Å². The number of carboxylic acids is 1. The van der Waals surface area contributed by atoms with Crippen LogP contribution in [0.15, 0.2) is 73.3 Å². The Balaban J connectivity index is 0.000000515. The lowest BCUT2D eigenvalue weighted by Crippen LogP contribution is -2.33. The number of hydrogen-bond donors (Lipinski definition) is 7. The molecule has 338 valence electrons. The Morgan fingerprint density at radius 3 is 1.49 bits per heavy atom. The molecule has 2 aromatic carbocycles. The van der Waals surface area contributed by atoms with Gasteiger partial charge in [-0.1, -0.05) is 0 Å². The van der Waals surface area contributed by atoms with E-state index in [2.05, 4.69) is 84.0 Å². The van der Waals surface area contributed by atoms with E-state index in [1.165, 1.54) is 83.3 Å². The fraction of sp³-hybridized carbons (Fsp3) is 0.211. The van der Waals surface area contributed by atoms with Gasteiger partial charge in [-0.25, -0.2) is 13.6 Å². The highest BCUT2D eigenvalue weighted by Crippen LogP contribution is 2.18. The Bertz CT molecular complexity index is 2500. The maximum Gasteiger partial charge on any atom is 0.377 e. The number of halogens is 6. The molecule has 0 saturated carbocycles. The van der Waals surface area contributed by atoms with Crippen molar-refractivity contribution in [3.05, 3.63) is 130 Å². The number of ketones is 2. The molecule has 0 saturated heterocycles. The number of H-pyrrole nitrogens is 2. The van der Waals surface area contributed by atoms with Gasteiger partial charge < -0.3 is 35.9 Å². The quantitative estimate of drug-likeness (QED) is 0.0414. The highest BCUT2D eigenvalue weighted by atomic mass is 128. The molecule has 2 unspecified atom stereocenters. The predicted octanol–water partition coefficient (Wildman–Crippen LogP) is 6.53. The number of aromatic amines is 2. The third-order valence-electron chi connectivity index (χ3n) is 8.36. The van der Waals surface area contributed by atoms with Crippen LogP contribution in [0.2, 0.25) is 0 Å². The van der Waals surface area contributed by atoms with Crippen molar-refractivity contribution in [3.8, 4) is 0 Å². The van der Waals surface area contributed by atoms with Crippen molar-refractivity contribution in [1.82, 2.24) is 45.3 Å². The summed E-state index contributed by atoms with van der Waals surface area (Å²) in [6.07, 6.45) is 5.72. The van der Waals surface area contributed by atoms with Gasteiger partial charge in [0.05, 0.1) is 24.1 Å². The molecule has 0 radical (unpaired) electrons. The summed E-state index contributed by atoms with van der Waals surface area (Å²) in [5.41, 5.74) is 8.57. The van der Waals surface area contributed by atoms with Crippen LogP contribution >= 0.6 is 73.6 Å². The number of nitrogens with two attached hydrogens (primary N) is 1. The maximum absolute atomic E-state index is 13.4. The molecule has 8 N–H and O–H groups in total. The van der Waals surface area contributed by atoms with Crippen LogP contribution < -0.4 is 21.7 Å². The van der Waals surface area contributed by atoms with Gasteiger partial charge in [-0.3, -0.25) is 24.0 Å². The normalized spacial score (nSPS) is 10.8. The van der Waals surface area contributed by atoms with Gasteiger partial charge in [0.15, 0.2) is 0 Å². The van der Waals surface area contributed by atoms with E-state index in [-0.39, 0.29) is 76.6 Å². The second kappa shape index (κ2) is 26.4. The number of aliphatic carboxylic acids is 1. The van der Waals surface area contributed by atoms with E-state index in [9.17, 15) is 37.5 Å². The fourth-order valence-electron chi connectivity index (χ4n) is 5.10. The summed E-state index contributed by atoms with van der Waals surface area (Å²) in [5, 5.41) is 36.2. The van der Waals surface area contributed by atoms with E-state index in [0.717, 1.165) is 5.69 Å². The fourth-order valence-corrected chi connectivity index (χ4v) is 5.10. The number of aromatic nitrogens is 8. The monoisotopic (exact) mass is 1230 g/mol. The van der Waals surface area contributed by atoms with Gasteiger partial charge in [0.1, 0.15) is 28.7 Å². The number of Topliss-reactive ketones (excluding diaryl/α,β-unsaturated/α-hetero) is 2. The number of anilines is 2. The standard InChI is InChI=1S/C19H19FN6O3.C15H13FN2O4.C4H8N4.ClH.I2.HI/c1-10-6-13(4-5-14(10)20)23-18(28)16-7-12(9-26(16)3)17(27)19(29)22-11(2)15-8-21-25-24-15;1-8-5-10(3-4-11(8)16)17-14(20)12-6-9(7-18(12)2)13(19)15(21)22;1-3(5)4-2-6-8-7-4;;1-2;/h4-9,11H,1-3H3,(H,22,29)(H,23,28)(H,21,24,25);3-7H,1-2H3,(H,17,20)(H,21,22);2-3H,5H2,1H3,(H,6,7,8);1H;;1H. The number of rotatable bonds is 11. The lowest BCUT2D eigenvalue weighted by atomic mass is 10.1. The topological polar surface area (TPSA) is 278 Å². The molecule has 19 nitrogen and oxygen atoms in total. The molecule has 0 fully saturated rings. The SMILES string of the molecule is CC(N)c1cn[nH]n1.Cc1cc(NC(=O)c2cc(C(=O)C(=O)NC(C)c3cn[nH]n3)cn2C)ccc1F.Cc1cc(NC(=O)c2cc(C(=O)C(=O)O)cn2C)ccc1F.Cl.I.II.